The molecule has 0 saturated carbocycles. The van der Waals surface area contributed by atoms with E-state index >= 15 is 0 Å². The molecular formula is C9H12FN3O. The van der Waals surface area contributed by atoms with E-state index in [0.717, 1.165) is 31.8 Å². The molecule has 1 aromatic rings. The Hall–Kier alpha value is -1.23. The molecule has 5 heteroatoms. The van der Waals surface area contributed by atoms with Gasteiger partial charge in [-0.1, -0.05) is 0 Å². The number of β-amino-alcohol motifs (C(OH)–C–C–N with tert-alkyl or cyclic N) is 1. The first-order valence-corrected chi connectivity index (χ1v) is 4.66. The van der Waals surface area contributed by atoms with Gasteiger partial charge in [-0.2, -0.15) is 0 Å². The number of piperidine rings is 1. The van der Waals surface area contributed by atoms with Gasteiger partial charge in [0.15, 0.2) is 5.82 Å². The van der Waals surface area contributed by atoms with Gasteiger partial charge in [0.1, 0.15) is 0 Å². The lowest BCUT2D eigenvalue weighted by atomic mass is 10.1. The lowest BCUT2D eigenvalue weighted by Gasteiger charge is -2.29. The fourth-order valence-corrected chi connectivity index (χ4v) is 1.61. The van der Waals surface area contributed by atoms with Crippen LogP contribution in [0, 0.1) is 5.82 Å². The molecule has 0 unspecified atom stereocenters. The molecule has 1 aliphatic heterocycles. The van der Waals surface area contributed by atoms with Crippen molar-refractivity contribution in [2.75, 3.05) is 18.0 Å². The monoisotopic (exact) mass is 197 g/mol. The van der Waals surface area contributed by atoms with Crippen molar-refractivity contribution in [3.05, 3.63) is 18.2 Å². The van der Waals surface area contributed by atoms with Gasteiger partial charge >= 0.3 is 0 Å². The SMILES string of the molecule is O[C@@H]1CCCN(c2ncc(F)cn2)C1. The lowest BCUT2D eigenvalue weighted by molar-refractivity contribution is 0.153. The average Bonchev–Trinajstić information content (AvgIpc) is 2.19. The Morgan fingerprint density at radius 3 is 2.79 bits per heavy atom. The zero-order chi connectivity index (χ0) is 9.97. The van der Waals surface area contributed by atoms with E-state index in [2.05, 4.69) is 9.97 Å². The zero-order valence-corrected chi connectivity index (χ0v) is 7.73. The molecule has 1 atom stereocenters. The summed E-state index contributed by atoms with van der Waals surface area (Å²) in [4.78, 5) is 9.60. The third kappa shape index (κ3) is 1.98. The minimum absolute atomic E-state index is 0.322. The predicted molar refractivity (Wildman–Crippen MR) is 49.4 cm³/mol. The van der Waals surface area contributed by atoms with Crippen LogP contribution in [-0.2, 0) is 0 Å². The molecule has 1 N–H and O–H groups in total. The maximum atomic E-state index is 12.5. The van der Waals surface area contributed by atoms with Gasteiger partial charge in [-0.15, -0.1) is 0 Å². The van der Waals surface area contributed by atoms with Gasteiger partial charge in [0.25, 0.3) is 0 Å². The van der Waals surface area contributed by atoms with Gasteiger partial charge in [0, 0.05) is 13.1 Å². The molecule has 1 saturated heterocycles. The minimum atomic E-state index is -0.439. The van der Waals surface area contributed by atoms with Crippen molar-refractivity contribution >= 4 is 5.95 Å². The first-order valence-electron chi connectivity index (χ1n) is 4.66. The van der Waals surface area contributed by atoms with Crippen molar-refractivity contribution < 1.29 is 9.50 Å². The number of halogens is 1. The molecule has 1 aliphatic rings. The first kappa shape index (κ1) is 9.33. The summed E-state index contributed by atoms with van der Waals surface area (Å²) in [5.41, 5.74) is 0. The Kier molecular flexibility index (Phi) is 2.58. The number of aliphatic hydroxyl groups is 1. The van der Waals surface area contributed by atoms with Crippen LogP contribution < -0.4 is 4.90 Å². The average molecular weight is 197 g/mol. The standard InChI is InChI=1S/C9H12FN3O/c10-7-4-11-9(12-5-7)13-3-1-2-8(14)6-13/h4-5,8,14H,1-3,6H2/t8-/m1/s1. The Bertz CT molecular complexity index is 303. The van der Waals surface area contributed by atoms with Gasteiger partial charge in [0.05, 0.1) is 18.5 Å². The third-order valence-electron chi connectivity index (χ3n) is 2.29. The summed E-state index contributed by atoms with van der Waals surface area (Å²) in [5.74, 6) is 0.0523. The third-order valence-corrected chi connectivity index (χ3v) is 2.29. The van der Waals surface area contributed by atoms with Crippen molar-refractivity contribution in [2.24, 2.45) is 0 Å². The molecule has 0 aliphatic carbocycles. The van der Waals surface area contributed by atoms with Gasteiger partial charge in [-0.25, -0.2) is 14.4 Å². The normalized spacial score (nSPS) is 22.4. The number of hydrogen-bond acceptors (Lipinski definition) is 4. The summed E-state index contributed by atoms with van der Waals surface area (Å²) >= 11 is 0. The van der Waals surface area contributed by atoms with Crippen LogP contribution in [0.5, 0.6) is 0 Å². The largest absolute Gasteiger partial charge is 0.391 e. The zero-order valence-electron chi connectivity index (χ0n) is 7.73. The molecule has 2 rings (SSSR count). The lowest BCUT2D eigenvalue weighted by Crippen LogP contribution is -2.39. The molecule has 76 valence electrons. The molecule has 4 nitrogen and oxygen atoms in total. The van der Waals surface area contributed by atoms with Crippen LogP contribution in [0.2, 0.25) is 0 Å². The summed E-state index contributed by atoms with van der Waals surface area (Å²) in [5, 5.41) is 9.42. The fourth-order valence-electron chi connectivity index (χ4n) is 1.61. The van der Waals surface area contributed by atoms with Gasteiger partial charge in [-0.3, -0.25) is 0 Å². The summed E-state index contributed by atoms with van der Waals surface area (Å²) in [6.07, 6.45) is 3.70. The van der Waals surface area contributed by atoms with E-state index in [9.17, 15) is 9.50 Å². The first-order chi connectivity index (χ1) is 6.75. The number of aliphatic hydroxyl groups excluding tert-OH is 1. The Balaban J connectivity index is 2.10. The van der Waals surface area contributed by atoms with E-state index < -0.39 is 5.82 Å². The van der Waals surface area contributed by atoms with E-state index in [1.807, 2.05) is 4.90 Å². The van der Waals surface area contributed by atoms with E-state index in [0.29, 0.717) is 12.5 Å². The highest BCUT2D eigenvalue weighted by Crippen LogP contribution is 2.15. The van der Waals surface area contributed by atoms with Crippen molar-refractivity contribution in [1.82, 2.24) is 9.97 Å². The molecule has 1 fully saturated rings. The fraction of sp³-hybridized carbons (Fsp3) is 0.556. The molecule has 2 heterocycles. The van der Waals surface area contributed by atoms with Crippen molar-refractivity contribution in [3.63, 3.8) is 0 Å². The van der Waals surface area contributed by atoms with Crippen molar-refractivity contribution in [3.8, 4) is 0 Å². The highest BCUT2D eigenvalue weighted by Gasteiger charge is 2.19. The molecular weight excluding hydrogens is 185 g/mol. The van der Waals surface area contributed by atoms with E-state index in [1.54, 1.807) is 0 Å². The maximum Gasteiger partial charge on any atom is 0.225 e. The molecule has 0 aromatic carbocycles. The smallest absolute Gasteiger partial charge is 0.225 e. The van der Waals surface area contributed by atoms with Crippen molar-refractivity contribution in [2.45, 2.75) is 18.9 Å². The highest BCUT2D eigenvalue weighted by atomic mass is 19.1. The van der Waals surface area contributed by atoms with Crippen LogP contribution >= 0.6 is 0 Å². The van der Waals surface area contributed by atoms with Gasteiger partial charge < -0.3 is 10.0 Å². The second kappa shape index (κ2) is 3.88. The Morgan fingerprint density at radius 1 is 1.43 bits per heavy atom. The van der Waals surface area contributed by atoms with Crippen LogP contribution in [0.15, 0.2) is 12.4 Å². The number of hydrogen-bond donors (Lipinski definition) is 1. The predicted octanol–water partition coefficient (Wildman–Crippen LogP) is 0.577. The summed E-state index contributed by atoms with van der Waals surface area (Å²) < 4.78 is 12.5. The molecule has 0 bridgehead atoms. The molecule has 0 amide bonds. The molecule has 0 spiro atoms. The number of rotatable bonds is 1. The Labute approximate surface area is 81.4 Å². The van der Waals surface area contributed by atoms with Crippen LogP contribution in [0.1, 0.15) is 12.8 Å². The van der Waals surface area contributed by atoms with Gasteiger partial charge in [0.2, 0.25) is 5.95 Å². The summed E-state index contributed by atoms with van der Waals surface area (Å²) in [7, 11) is 0. The quantitative estimate of drug-likeness (QED) is 0.715. The van der Waals surface area contributed by atoms with Crippen LogP contribution in [0.4, 0.5) is 10.3 Å². The van der Waals surface area contributed by atoms with Crippen LogP contribution in [0.3, 0.4) is 0 Å². The molecule has 1 aromatic heterocycles. The second-order valence-corrected chi connectivity index (χ2v) is 3.44. The Morgan fingerprint density at radius 2 is 2.14 bits per heavy atom. The van der Waals surface area contributed by atoms with Crippen molar-refractivity contribution in [1.29, 1.82) is 0 Å². The van der Waals surface area contributed by atoms with E-state index in [4.69, 9.17) is 0 Å². The second-order valence-electron chi connectivity index (χ2n) is 3.44. The number of anilines is 1. The molecule has 0 radical (unpaired) electrons. The van der Waals surface area contributed by atoms with Gasteiger partial charge in [-0.05, 0) is 12.8 Å². The van der Waals surface area contributed by atoms with E-state index in [1.165, 1.54) is 0 Å². The van der Waals surface area contributed by atoms with Crippen LogP contribution in [-0.4, -0.2) is 34.3 Å². The minimum Gasteiger partial charge on any atom is -0.391 e. The van der Waals surface area contributed by atoms with E-state index in [-0.39, 0.29) is 6.10 Å². The molecule has 14 heavy (non-hydrogen) atoms. The topological polar surface area (TPSA) is 49.2 Å². The highest BCUT2D eigenvalue weighted by molar-refractivity contribution is 5.29. The number of nitrogens with zero attached hydrogens (tertiary/aromatic N) is 3. The van der Waals surface area contributed by atoms with Crippen LogP contribution in [0.25, 0.3) is 0 Å². The number of aromatic nitrogens is 2. The maximum absolute atomic E-state index is 12.5. The summed E-state index contributed by atoms with van der Waals surface area (Å²) in [6.45, 7) is 1.36. The summed E-state index contributed by atoms with van der Waals surface area (Å²) in [6, 6.07) is 0.